The quantitative estimate of drug-likeness (QED) is 0.553. The maximum Gasteiger partial charge on any atom is 0.274 e. The Hall–Kier alpha value is -0.690. The predicted octanol–water partition coefficient (Wildman–Crippen LogP) is 0.916. The minimum Gasteiger partial charge on any atom is -0.385 e. The van der Waals surface area contributed by atoms with Crippen LogP contribution in [0.25, 0.3) is 0 Å². The molecule has 1 fully saturated rings. The fraction of sp³-hybridized carbons (Fsp3) is 0.833. The number of rotatable bonds is 0. The molecule has 56 valence electrons. The number of nitrogens with zero attached hydrogens (tertiary/aromatic N) is 1. The van der Waals surface area contributed by atoms with Crippen molar-refractivity contribution in [2.75, 3.05) is 0 Å². The van der Waals surface area contributed by atoms with Gasteiger partial charge in [0, 0.05) is 6.42 Å². The zero-order chi connectivity index (χ0) is 7.78. The first kappa shape index (κ1) is 7.42. The summed E-state index contributed by atoms with van der Waals surface area (Å²) in [6.45, 7) is 0. The van der Waals surface area contributed by atoms with Gasteiger partial charge in [-0.25, -0.2) is 8.78 Å². The van der Waals surface area contributed by atoms with E-state index in [1.807, 2.05) is 0 Å². The summed E-state index contributed by atoms with van der Waals surface area (Å²) >= 11 is 0. The largest absolute Gasteiger partial charge is 0.385 e. The highest BCUT2D eigenvalue weighted by atomic mass is 19.3. The van der Waals surface area contributed by atoms with Gasteiger partial charge in [-0.3, -0.25) is 0 Å². The molecule has 4 heteroatoms. The van der Waals surface area contributed by atoms with Crippen molar-refractivity contribution in [2.45, 2.75) is 24.9 Å². The third-order valence-corrected chi connectivity index (χ3v) is 1.77. The molecule has 0 spiro atoms. The summed E-state index contributed by atoms with van der Waals surface area (Å²) in [7, 11) is 0. The highest BCUT2D eigenvalue weighted by molar-refractivity contribution is 5.00. The molecule has 1 N–H and O–H groups in total. The number of hydrogen-bond donors (Lipinski definition) is 1. The minimum atomic E-state index is -3.04. The topological polar surface area (TPSA) is 44.0 Å². The summed E-state index contributed by atoms with van der Waals surface area (Å²) < 4.78 is 24.7. The number of hydrogen-bond acceptors (Lipinski definition) is 2. The monoisotopic (exact) mass is 147 g/mol. The molecular weight excluding hydrogens is 140 g/mol. The number of alkyl halides is 2. The Balaban J connectivity index is 2.69. The molecule has 0 radical (unpaired) electrons. The van der Waals surface area contributed by atoms with E-state index in [0.717, 1.165) is 0 Å². The van der Waals surface area contributed by atoms with Gasteiger partial charge in [0.05, 0.1) is 12.0 Å². The lowest BCUT2D eigenvalue weighted by molar-refractivity contribution is -0.0925. The van der Waals surface area contributed by atoms with Gasteiger partial charge >= 0.3 is 0 Å². The van der Waals surface area contributed by atoms with E-state index >= 15 is 0 Å². The van der Waals surface area contributed by atoms with Crippen LogP contribution in [0.4, 0.5) is 8.78 Å². The molecule has 1 aliphatic carbocycles. The van der Waals surface area contributed by atoms with Gasteiger partial charge in [0.25, 0.3) is 5.92 Å². The summed E-state index contributed by atoms with van der Waals surface area (Å²) in [4.78, 5) is 0. The van der Waals surface area contributed by atoms with Crippen LogP contribution in [-0.2, 0) is 0 Å². The summed E-state index contributed by atoms with van der Waals surface area (Å²) in [5, 5.41) is 17.0. The predicted molar refractivity (Wildman–Crippen MR) is 29.3 cm³/mol. The van der Waals surface area contributed by atoms with Gasteiger partial charge in [-0.2, -0.15) is 5.26 Å². The normalized spacial score (nSPS) is 37.4. The van der Waals surface area contributed by atoms with Gasteiger partial charge in [0.1, 0.15) is 6.10 Å². The van der Waals surface area contributed by atoms with Crippen molar-refractivity contribution in [1.82, 2.24) is 0 Å². The van der Waals surface area contributed by atoms with E-state index in [1.54, 1.807) is 6.07 Å². The van der Waals surface area contributed by atoms with Crippen LogP contribution in [0.5, 0.6) is 0 Å². The second-order valence-corrected chi connectivity index (χ2v) is 2.48. The molecule has 0 aromatic carbocycles. The van der Waals surface area contributed by atoms with E-state index in [0.29, 0.717) is 0 Å². The molecule has 1 rings (SSSR count). The van der Waals surface area contributed by atoms with Gasteiger partial charge in [-0.1, -0.05) is 0 Å². The molecular formula is C6H7F2NO. The molecule has 0 heterocycles. The average molecular weight is 147 g/mol. The Morgan fingerprint density at radius 3 is 2.40 bits per heavy atom. The molecule has 1 aliphatic rings. The standard InChI is InChI=1S/C6H7F2NO/c7-6(8)2-1-4(3-9)5(6)10/h4-5,10H,1-2H2/t4-,5-/m1/s1. The van der Waals surface area contributed by atoms with Crippen molar-refractivity contribution >= 4 is 0 Å². The molecule has 0 bridgehead atoms. The van der Waals surface area contributed by atoms with Crippen molar-refractivity contribution in [2.24, 2.45) is 5.92 Å². The fourth-order valence-electron chi connectivity index (χ4n) is 1.08. The van der Waals surface area contributed by atoms with Crippen LogP contribution in [0.3, 0.4) is 0 Å². The second kappa shape index (κ2) is 2.17. The van der Waals surface area contributed by atoms with Crippen LogP contribution < -0.4 is 0 Å². The minimum absolute atomic E-state index is 0.102. The van der Waals surface area contributed by atoms with Crippen LogP contribution in [0, 0.1) is 17.2 Å². The first-order valence-electron chi connectivity index (χ1n) is 3.03. The Morgan fingerprint density at radius 2 is 2.20 bits per heavy atom. The zero-order valence-electron chi connectivity index (χ0n) is 5.22. The van der Waals surface area contributed by atoms with Crippen LogP contribution in [0.2, 0.25) is 0 Å². The lowest BCUT2D eigenvalue weighted by atomic mass is 10.1. The molecule has 0 unspecified atom stereocenters. The summed E-state index contributed by atoms with van der Waals surface area (Å²) in [6.07, 6.45) is -2.02. The smallest absolute Gasteiger partial charge is 0.274 e. The van der Waals surface area contributed by atoms with Gasteiger partial charge in [-0.15, -0.1) is 0 Å². The molecule has 0 aromatic rings. The van der Waals surface area contributed by atoms with Crippen LogP contribution in [-0.4, -0.2) is 17.1 Å². The molecule has 1 saturated carbocycles. The van der Waals surface area contributed by atoms with E-state index in [1.165, 1.54) is 0 Å². The Bertz CT molecular complexity index is 175. The Morgan fingerprint density at radius 1 is 1.60 bits per heavy atom. The molecule has 2 atom stereocenters. The molecule has 0 aliphatic heterocycles. The highest BCUT2D eigenvalue weighted by Gasteiger charge is 2.49. The Labute approximate surface area is 57.1 Å². The van der Waals surface area contributed by atoms with Crippen molar-refractivity contribution < 1.29 is 13.9 Å². The van der Waals surface area contributed by atoms with Gasteiger partial charge in [0.15, 0.2) is 0 Å². The first-order chi connectivity index (χ1) is 4.58. The van der Waals surface area contributed by atoms with Crippen molar-refractivity contribution in [1.29, 1.82) is 5.26 Å². The van der Waals surface area contributed by atoms with E-state index in [4.69, 9.17) is 10.4 Å². The van der Waals surface area contributed by atoms with Crippen molar-refractivity contribution in [3.63, 3.8) is 0 Å². The number of nitriles is 1. The van der Waals surface area contributed by atoms with Crippen LogP contribution in [0.1, 0.15) is 12.8 Å². The average Bonchev–Trinajstić information content (AvgIpc) is 2.10. The third-order valence-electron chi connectivity index (χ3n) is 1.77. The van der Waals surface area contributed by atoms with Crippen molar-refractivity contribution in [3.05, 3.63) is 0 Å². The van der Waals surface area contributed by atoms with Gasteiger partial charge in [-0.05, 0) is 6.42 Å². The first-order valence-corrected chi connectivity index (χ1v) is 3.03. The van der Waals surface area contributed by atoms with Gasteiger partial charge in [0.2, 0.25) is 0 Å². The van der Waals surface area contributed by atoms with Crippen LogP contribution >= 0.6 is 0 Å². The molecule has 0 saturated heterocycles. The lowest BCUT2D eigenvalue weighted by Crippen LogP contribution is -2.30. The summed E-state index contributed by atoms with van der Waals surface area (Å²) in [5.41, 5.74) is 0. The molecule has 0 amide bonds. The molecule has 0 aromatic heterocycles. The highest BCUT2D eigenvalue weighted by Crippen LogP contribution is 2.38. The van der Waals surface area contributed by atoms with E-state index in [2.05, 4.69) is 0 Å². The lowest BCUT2D eigenvalue weighted by Gasteiger charge is -2.13. The fourth-order valence-corrected chi connectivity index (χ4v) is 1.08. The van der Waals surface area contributed by atoms with E-state index < -0.39 is 17.9 Å². The third kappa shape index (κ3) is 0.971. The summed E-state index contributed by atoms with van der Waals surface area (Å²) in [5.74, 6) is -3.92. The molecule has 10 heavy (non-hydrogen) atoms. The maximum atomic E-state index is 12.4. The maximum absolute atomic E-state index is 12.4. The number of halogens is 2. The number of aliphatic hydroxyl groups excluding tert-OH is 1. The Kier molecular flexibility index (Phi) is 1.61. The van der Waals surface area contributed by atoms with Crippen LogP contribution in [0.15, 0.2) is 0 Å². The van der Waals surface area contributed by atoms with E-state index in [9.17, 15) is 8.78 Å². The van der Waals surface area contributed by atoms with Crippen molar-refractivity contribution in [3.8, 4) is 6.07 Å². The number of aliphatic hydroxyl groups is 1. The second-order valence-electron chi connectivity index (χ2n) is 2.48. The molecule has 2 nitrogen and oxygen atoms in total. The SMILES string of the molecule is N#C[C@H]1CCC(F)(F)[C@@H]1O. The van der Waals surface area contributed by atoms with E-state index in [-0.39, 0.29) is 12.8 Å². The van der Waals surface area contributed by atoms with Gasteiger partial charge < -0.3 is 5.11 Å². The zero-order valence-corrected chi connectivity index (χ0v) is 5.22. The summed E-state index contributed by atoms with van der Waals surface area (Å²) in [6, 6.07) is 1.64.